The van der Waals surface area contributed by atoms with Crippen LogP contribution in [0.1, 0.15) is 44.9 Å². The zero-order valence-corrected chi connectivity index (χ0v) is 27.7. The SMILES string of the molecule is CN(C)CC#CC(=O)Nc1[c-]cc2ncnc(Nc3ccc(SC4CCCCCCC4)cc3)c2[c-]1.[Re].[Y]. The van der Waals surface area contributed by atoms with E-state index in [9.17, 15) is 4.79 Å². The van der Waals surface area contributed by atoms with Crippen molar-refractivity contribution in [2.24, 2.45) is 0 Å². The summed E-state index contributed by atoms with van der Waals surface area (Å²) in [4.78, 5) is 24.0. The van der Waals surface area contributed by atoms with E-state index in [4.69, 9.17) is 0 Å². The first kappa shape index (κ1) is 31.9. The van der Waals surface area contributed by atoms with Crippen molar-refractivity contribution in [1.82, 2.24) is 14.9 Å². The summed E-state index contributed by atoms with van der Waals surface area (Å²) in [7, 11) is 3.80. The number of benzene rings is 2. The van der Waals surface area contributed by atoms with Crippen molar-refractivity contribution in [3.05, 3.63) is 48.8 Å². The minimum Gasteiger partial charge on any atom is -0.367 e. The number of nitrogens with one attached hydrogen (secondary N) is 2. The average molecular weight is 761 g/mol. The second-order valence-corrected chi connectivity index (χ2v) is 10.4. The van der Waals surface area contributed by atoms with Crippen molar-refractivity contribution in [2.45, 2.75) is 55.1 Å². The molecule has 192 valence electrons. The number of aromatic nitrogens is 2. The van der Waals surface area contributed by atoms with Gasteiger partial charge in [-0.3, -0.25) is 15.8 Å². The monoisotopic (exact) mass is 761 g/mol. The number of hydrogen-bond acceptors (Lipinski definition) is 6. The van der Waals surface area contributed by atoms with Gasteiger partial charge in [0, 0.05) is 69.0 Å². The Kier molecular flexibility index (Phi) is 14.3. The van der Waals surface area contributed by atoms with Crippen molar-refractivity contribution in [3.63, 3.8) is 0 Å². The van der Waals surface area contributed by atoms with Gasteiger partial charge in [0.1, 0.15) is 0 Å². The van der Waals surface area contributed by atoms with Crippen LogP contribution in [0.2, 0.25) is 0 Å². The van der Waals surface area contributed by atoms with E-state index in [2.05, 4.69) is 68.8 Å². The first-order chi connectivity index (χ1) is 17.1. The van der Waals surface area contributed by atoms with Crippen molar-refractivity contribution in [2.75, 3.05) is 31.3 Å². The molecule has 1 aliphatic rings. The Morgan fingerprint density at radius 2 is 1.81 bits per heavy atom. The fraction of sp³-hybridized carbons (Fsp3) is 0.393. The van der Waals surface area contributed by atoms with Gasteiger partial charge in [-0.2, -0.15) is 10.9 Å². The van der Waals surface area contributed by atoms with Gasteiger partial charge in [0.25, 0.3) is 5.91 Å². The summed E-state index contributed by atoms with van der Waals surface area (Å²) < 4.78 is 0. The van der Waals surface area contributed by atoms with Crippen LogP contribution in [0.25, 0.3) is 10.9 Å². The van der Waals surface area contributed by atoms with Crippen LogP contribution in [0.15, 0.2) is 41.6 Å². The molecule has 1 aliphatic carbocycles. The summed E-state index contributed by atoms with van der Waals surface area (Å²) in [5, 5.41) is 7.49. The molecule has 3 aromatic rings. The van der Waals surface area contributed by atoms with Gasteiger partial charge in [-0.25, -0.2) is 10.7 Å². The summed E-state index contributed by atoms with van der Waals surface area (Å²) in [6.45, 7) is 0.512. The summed E-state index contributed by atoms with van der Waals surface area (Å²) in [6, 6.07) is 16.4. The third-order valence-electron chi connectivity index (χ3n) is 5.79. The van der Waals surface area contributed by atoms with Gasteiger partial charge in [-0.05, 0) is 57.1 Å². The molecule has 0 bridgehead atoms. The number of fused-ring (bicyclic) bond motifs is 1. The second-order valence-electron chi connectivity index (χ2n) is 9.00. The zero-order chi connectivity index (χ0) is 24.5. The van der Waals surface area contributed by atoms with E-state index in [0.717, 1.165) is 5.69 Å². The Hall–Kier alpha value is -1.31. The minimum atomic E-state index is -0.401. The first-order valence-electron chi connectivity index (χ1n) is 12.1. The maximum Gasteiger partial charge on any atom is 0.296 e. The molecule has 0 atom stereocenters. The summed E-state index contributed by atoms with van der Waals surface area (Å²) in [5.41, 5.74) is 2.04. The van der Waals surface area contributed by atoms with Crippen LogP contribution in [-0.2, 0) is 57.9 Å². The molecule has 6 nitrogen and oxygen atoms in total. The molecule has 1 saturated carbocycles. The molecule has 1 heterocycles. The number of hydrogen-bond donors (Lipinski definition) is 2. The molecule has 1 amide bonds. The first-order valence-corrected chi connectivity index (χ1v) is 13.0. The molecule has 0 unspecified atom stereocenters. The molecule has 2 aromatic carbocycles. The fourth-order valence-electron chi connectivity index (χ4n) is 4.00. The number of amides is 1. The molecule has 0 aliphatic heterocycles. The standard InChI is InChI=1S/C28H31N5OS.Re.Y/c1-33(2)18-8-11-27(34)31-22-14-17-26-25(19-22)28(30-20-29-26)32-21-12-15-24(16-13-21)35-23-9-6-4-3-5-7-10-23;;/h12-13,15-17,20,23H,3-7,9-10,18H2,1-2H3,(H,31,34)(H,29,30,32);;/q-2;;. The van der Waals surface area contributed by atoms with Crippen LogP contribution in [0.5, 0.6) is 0 Å². The van der Waals surface area contributed by atoms with Crippen molar-refractivity contribution < 1.29 is 57.9 Å². The van der Waals surface area contributed by atoms with Crippen LogP contribution in [0.3, 0.4) is 0 Å². The summed E-state index contributed by atoms with van der Waals surface area (Å²) in [6.07, 6.45) is 11.0. The number of carbonyl (C=O) groups is 1. The van der Waals surface area contributed by atoms with Gasteiger partial charge >= 0.3 is 0 Å². The summed E-state index contributed by atoms with van der Waals surface area (Å²) >= 11 is 2.00. The quantitative estimate of drug-likeness (QED) is 0.249. The molecule has 1 aromatic heterocycles. The number of carbonyl (C=O) groups excluding carboxylic acids is 1. The second kappa shape index (κ2) is 16.6. The van der Waals surface area contributed by atoms with Gasteiger partial charge in [0.15, 0.2) is 0 Å². The van der Waals surface area contributed by atoms with E-state index in [0.29, 0.717) is 34.2 Å². The molecule has 9 heteroatoms. The molecule has 0 spiro atoms. The molecule has 2 radical (unpaired) electrons. The van der Waals surface area contributed by atoms with E-state index in [-0.39, 0.29) is 53.1 Å². The van der Waals surface area contributed by atoms with Crippen molar-refractivity contribution >= 4 is 45.8 Å². The molecule has 1 fully saturated rings. The Morgan fingerprint density at radius 1 is 1.11 bits per heavy atom. The molecule has 0 saturated heterocycles. The Balaban J connectivity index is 0.00000241. The van der Waals surface area contributed by atoms with Crippen LogP contribution in [-0.4, -0.2) is 46.7 Å². The number of nitrogens with zero attached hydrogens (tertiary/aromatic N) is 3. The van der Waals surface area contributed by atoms with E-state index in [1.54, 1.807) is 6.07 Å². The Labute approximate surface area is 263 Å². The predicted molar refractivity (Wildman–Crippen MR) is 144 cm³/mol. The zero-order valence-electron chi connectivity index (χ0n) is 21.3. The molecule has 2 N–H and O–H groups in total. The van der Waals surface area contributed by atoms with Gasteiger partial charge in [0.2, 0.25) is 0 Å². The van der Waals surface area contributed by atoms with Crippen molar-refractivity contribution in [3.8, 4) is 11.8 Å². The largest absolute Gasteiger partial charge is 0.367 e. The van der Waals surface area contributed by atoms with E-state index < -0.39 is 5.91 Å². The van der Waals surface area contributed by atoms with Gasteiger partial charge < -0.3 is 27.8 Å². The van der Waals surface area contributed by atoms with Gasteiger partial charge in [-0.1, -0.05) is 38.0 Å². The van der Waals surface area contributed by atoms with Crippen LogP contribution >= 0.6 is 11.8 Å². The minimum absolute atomic E-state index is 0. The van der Waals surface area contributed by atoms with Gasteiger partial charge in [-0.15, -0.1) is 11.8 Å². The van der Waals surface area contributed by atoms with Crippen LogP contribution in [0, 0.1) is 24.0 Å². The van der Waals surface area contributed by atoms with Crippen LogP contribution in [0.4, 0.5) is 17.2 Å². The molecule has 37 heavy (non-hydrogen) atoms. The number of anilines is 3. The molecular weight excluding hydrogens is 730 g/mol. The smallest absolute Gasteiger partial charge is 0.296 e. The third kappa shape index (κ3) is 10.4. The fourth-order valence-corrected chi connectivity index (χ4v) is 5.25. The third-order valence-corrected chi connectivity index (χ3v) is 7.14. The number of thioether (sulfide) groups is 1. The van der Waals surface area contributed by atoms with E-state index in [1.807, 2.05) is 30.8 Å². The van der Waals surface area contributed by atoms with Gasteiger partial charge in [0.05, 0.1) is 18.7 Å². The predicted octanol–water partition coefficient (Wildman–Crippen LogP) is 5.68. The summed E-state index contributed by atoms with van der Waals surface area (Å²) in [5.74, 6) is 5.62. The number of rotatable bonds is 6. The van der Waals surface area contributed by atoms with Crippen molar-refractivity contribution in [1.29, 1.82) is 0 Å². The topological polar surface area (TPSA) is 70.2 Å². The van der Waals surface area contributed by atoms with Crippen LogP contribution < -0.4 is 10.6 Å². The maximum absolute atomic E-state index is 12.1. The van der Waals surface area contributed by atoms with E-state index >= 15 is 0 Å². The Morgan fingerprint density at radius 3 is 2.51 bits per heavy atom. The van der Waals surface area contributed by atoms with E-state index in [1.165, 1.54) is 56.2 Å². The molecular formula is C28H31N5OReSY-2. The maximum atomic E-state index is 12.1. The molecule has 4 rings (SSSR count). The average Bonchev–Trinajstić information content (AvgIpc) is 2.82. The normalized spacial score (nSPS) is 13.8. The Bertz CT molecular complexity index is 1200.